The fourth-order valence-electron chi connectivity index (χ4n) is 4.88. The quantitative estimate of drug-likeness (QED) is 0.259. The maximum absolute atomic E-state index is 13.2. The van der Waals surface area contributed by atoms with Crippen molar-refractivity contribution < 1.29 is 4.74 Å². The summed E-state index contributed by atoms with van der Waals surface area (Å²) in [5, 5.41) is 2.03. The number of hydrogen-bond acceptors (Lipinski definition) is 4. The summed E-state index contributed by atoms with van der Waals surface area (Å²) in [5.41, 5.74) is 2.24. The maximum Gasteiger partial charge on any atom is 0.255 e. The van der Waals surface area contributed by atoms with E-state index in [0.29, 0.717) is 37.8 Å². The van der Waals surface area contributed by atoms with Crippen LogP contribution in [-0.2, 0) is 0 Å². The van der Waals surface area contributed by atoms with E-state index in [-0.39, 0.29) is 17.2 Å². The third kappa shape index (κ3) is 5.23. The minimum atomic E-state index is -0.261. The van der Waals surface area contributed by atoms with Gasteiger partial charge in [0.05, 0.1) is 26.9 Å². The standard InChI is InChI=1S/C29H28Cl3N3O2/c1-29(2,3)34-15-13-18(14-16-34)37-25-17-24-20(27(33-25)19-7-4-5-8-21(19)30)11-12-26(36)35(24)28-22(31)9-6-10-23(28)32/h4-12,17-18H,13-16H2,1-3H3. The van der Waals surface area contributed by atoms with Gasteiger partial charge >= 0.3 is 0 Å². The monoisotopic (exact) mass is 555 g/mol. The van der Waals surface area contributed by atoms with Gasteiger partial charge in [0.25, 0.3) is 5.56 Å². The van der Waals surface area contributed by atoms with Gasteiger partial charge in [-0.2, -0.15) is 0 Å². The van der Waals surface area contributed by atoms with Crippen molar-refractivity contribution in [2.75, 3.05) is 13.1 Å². The Morgan fingerprint density at radius 2 is 1.54 bits per heavy atom. The van der Waals surface area contributed by atoms with Gasteiger partial charge in [0.1, 0.15) is 6.10 Å². The molecule has 0 amide bonds. The zero-order valence-corrected chi connectivity index (χ0v) is 23.2. The van der Waals surface area contributed by atoms with Crippen LogP contribution in [0.2, 0.25) is 15.1 Å². The molecule has 1 saturated heterocycles. The summed E-state index contributed by atoms with van der Waals surface area (Å²) in [5.74, 6) is 0.430. The number of para-hydroxylation sites is 1. The van der Waals surface area contributed by atoms with Gasteiger partial charge in [-0.3, -0.25) is 14.3 Å². The second kappa shape index (κ2) is 10.3. The molecule has 0 saturated carbocycles. The molecule has 1 aliphatic rings. The molecule has 37 heavy (non-hydrogen) atoms. The number of halogens is 3. The molecule has 0 aliphatic carbocycles. The van der Waals surface area contributed by atoms with E-state index >= 15 is 0 Å². The summed E-state index contributed by atoms with van der Waals surface area (Å²) in [7, 11) is 0. The first-order valence-corrected chi connectivity index (χ1v) is 13.4. The van der Waals surface area contributed by atoms with Gasteiger partial charge in [0.2, 0.25) is 5.88 Å². The molecule has 0 atom stereocenters. The molecule has 4 aromatic rings. The Balaban J connectivity index is 1.67. The normalized spacial score (nSPS) is 15.3. The number of piperidine rings is 1. The van der Waals surface area contributed by atoms with Crippen molar-refractivity contribution in [3.05, 3.63) is 86.1 Å². The Bertz CT molecular complexity index is 1500. The molecule has 2 aromatic carbocycles. The predicted molar refractivity (Wildman–Crippen MR) is 153 cm³/mol. The highest BCUT2D eigenvalue weighted by atomic mass is 35.5. The molecule has 5 rings (SSSR count). The van der Waals surface area contributed by atoms with E-state index < -0.39 is 0 Å². The first-order valence-electron chi connectivity index (χ1n) is 12.3. The van der Waals surface area contributed by atoms with Crippen molar-refractivity contribution in [3.63, 3.8) is 0 Å². The minimum Gasteiger partial charge on any atom is -0.474 e. The summed E-state index contributed by atoms with van der Waals surface area (Å²) in [6, 6.07) is 17.7. The van der Waals surface area contributed by atoms with Crippen molar-refractivity contribution in [2.24, 2.45) is 0 Å². The van der Waals surface area contributed by atoms with Crippen LogP contribution in [-0.4, -0.2) is 39.2 Å². The van der Waals surface area contributed by atoms with E-state index in [0.717, 1.165) is 36.9 Å². The van der Waals surface area contributed by atoms with Gasteiger partial charge in [0, 0.05) is 46.7 Å². The molecule has 1 aliphatic heterocycles. The maximum atomic E-state index is 13.2. The van der Waals surface area contributed by atoms with Crippen molar-refractivity contribution >= 4 is 45.7 Å². The lowest BCUT2D eigenvalue weighted by Gasteiger charge is -2.40. The minimum absolute atomic E-state index is 0.00966. The van der Waals surface area contributed by atoms with Crippen LogP contribution in [0.25, 0.3) is 27.8 Å². The lowest BCUT2D eigenvalue weighted by molar-refractivity contribution is 0.0473. The number of hydrogen-bond donors (Lipinski definition) is 0. The average molecular weight is 557 g/mol. The smallest absolute Gasteiger partial charge is 0.255 e. The number of pyridine rings is 2. The number of rotatable bonds is 4. The highest BCUT2D eigenvalue weighted by Gasteiger charge is 2.28. The molecular weight excluding hydrogens is 529 g/mol. The highest BCUT2D eigenvalue weighted by molar-refractivity contribution is 6.38. The molecular formula is C29H28Cl3N3O2. The molecule has 8 heteroatoms. The zero-order chi connectivity index (χ0) is 26.3. The van der Waals surface area contributed by atoms with E-state index in [1.165, 1.54) is 10.6 Å². The Kier molecular flexibility index (Phi) is 7.25. The van der Waals surface area contributed by atoms with Crippen LogP contribution < -0.4 is 10.3 Å². The summed E-state index contributed by atoms with van der Waals surface area (Å²) < 4.78 is 7.98. The Morgan fingerprint density at radius 3 is 2.19 bits per heavy atom. The SMILES string of the molecule is CC(C)(C)N1CCC(Oc2cc3c(ccc(=O)n3-c3c(Cl)cccc3Cl)c(-c3ccccc3Cl)n2)CC1. The summed E-state index contributed by atoms with van der Waals surface area (Å²) >= 11 is 19.7. The van der Waals surface area contributed by atoms with Crippen LogP contribution in [0.5, 0.6) is 5.88 Å². The number of aromatic nitrogens is 2. The second-order valence-electron chi connectivity index (χ2n) is 10.3. The molecule has 0 N–H and O–H groups in total. The molecule has 1 fully saturated rings. The Labute approximate surface area is 231 Å². The van der Waals surface area contributed by atoms with Crippen molar-refractivity contribution in [3.8, 4) is 22.8 Å². The average Bonchev–Trinajstić information content (AvgIpc) is 2.85. The molecule has 5 nitrogen and oxygen atoms in total. The second-order valence-corrected chi connectivity index (χ2v) is 11.5. The fourth-order valence-corrected chi connectivity index (χ4v) is 5.68. The topological polar surface area (TPSA) is 47.4 Å². The molecule has 0 unspecified atom stereocenters. The first-order chi connectivity index (χ1) is 17.6. The van der Waals surface area contributed by atoms with Gasteiger partial charge < -0.3 is 4.74 Å². The van der Waals surface area contributed by atoms with E-state index in [4.69, 9.17) is 44.5 Å². The number of likely N-dealkylation sites (tertiary alicyclic amines) is 1. The summed E-state index contributed by atoms with van der Waals surface area (Å²) in [4.78, 5) is 20.6. The Morgan fingerprint density at radius 1 is 0.892 bits per heavy atom. The van der Waals surface area contributed by atoms with Gasteiger partial charge in [-0.15, -0.1) is 0 Å². The molecule has 0 bridgehead atoms. The Hall–Kier alpha value is -2.57. The van der Waals surface area contributed by atoms with Crippen molar-refractivity contribution in [1.82, 2.24) is 14.5 Å². The highest BCUT2D eigenvalue weighted by Crippen LogP contribution is 2.37. The number of fused-ring (bicyclic) bond motifs is 1. The van der Waals surface area contributed by atoms with Gasteiger partial charge in [-0.25, -0.2) is 4.98 Å². The van der Waals surface area contributed by atoms with Gasteiger partial charge in [-0.1, -0.05) is 59.1 Å². The van der Waals surface area contributed by atoms with E-state index in [2.05, 4.69) is 25.7 Å². The third-order valence-corrected chi connectivity index (χ3v) is 7.77. The van der Waals surface area contributed by atoms with Crippen LogP contribution in [0.1, 0.15) is 33.6 Å². The molecule has 3 heterocycles. The predicted octanol–water partition coefficient (Wildman–Crippen LogP) is 7.65. The fraction of sp³-hybridized carbons (Fsp3) is 0.310. The number of ether oxygens (including phenoxy) is 1. The number of benzene rings is 2. The molecule has 0 radical (unpaired) electrons. The summed E-state index contributed by atoms with van der Waals surface area (Å²) in [6.07, 6.45) is 1.78. The van der Waals surface area contributed by atoms with Crippen LogP contribution in [0.4, 0.5) is 0 Å². The van der Waals surface area contributed by atoms with Crippen LogP contribution in [0.15, 0.2) is 65.5 Å². The van der Waals surface area contributed by atoms with Crippen LogP contribution >= 0.6 is 34.8 Å². The lowest BCUT2D eigenvalue weighted by atomic mass is 9.99. The van der Waals surface area contributed by atoms with Gasteiger partial charge in [0.15, 0.2) is 0 Å². The third-order valence-electron chi connectivity index (χ3n) is 6.84. The van der Waals surface area contributed by atoms with E-state index in [9.17, 15) is 4.79 Å². The van der Waals surface area contributed by atoms with Crippen LogP contribution in [0.3, 0.4) is 0 Å². The first kappa shape index (κ1) is 26.1. The summed E-state index contributed by atoms with van der Waals surface area (Å²) in [6.45, 7) is 8.58. The largest absolute Gasteiger partial charge is 0.474 e. The molecule has 192 valence electrons. The van der Waals surface area contributed by atoms with Crippen LogP contribution in [0, 0.1) is 0 Å². The molecule has 0 spiro atoms. The van der Waals surface area contributed by atoms with Gasteiger partial charge in [-0.05, 0) is 57.9 Å². The lowest BCUT2D eigenvalue weighted by Crippen LogP contribution is -2.48. The van der Waals surface area contributed by atoms with Crippen molar-refractivity contribution in [2.45, 2.75) is 45.3 Å². The van der Waals surface area contributed by atoms with E-state index in [1.54, 1.807) is 30.3 Å². The van der Waals surface area contributed by atoms with E-state index in [1.807, 2.05) is 24.3 Å². The van der Waals surface area contributed by atoms with Crippen molar-refractivity contribution in [1.29, 1.82) is 0 Å². The number of nitrogens with zero attached hydrogens (tertiary/aromatic N) is 3. The zero-order valence-electron chi connectivity index (χ0n) is 21.0. The molecule has 2 aromatic heterocycles.